The summed E-state index contributed by atoms with van der Waals surface area (Å²) in [6, 6.07) is 12.5. The average Bonchev–Trinajstić information content (AvgIpc) is 1.51. The summed E-state index contributed by atoms with van der Waals surface area (Å²) in [5.74, 6) is -1.47. The fourth-order valence-corrected chi connectivity index (χ4v) is 19.4. The number of amides is 7. The molecule has 21 rings (SSSR count). The average molecular weight is 2060 g/mol. The number of nitrogens with zero attached hydrogens (tertiary/aromatic N) is 14. The van der Waals surface area contributed by atoms with Crippen LogP contribution in [0.3, 0.4) is 0 Å². The monoisotopic (exact) mass is 2050 g/mol. The van der Waals surface area contributed by atoms with Crippen molar-refractivity contribution < 1.29 is 80.3 Å². The van der Waals surface area contributed by atoms with E-state index < -0.39 is 17.5 Å². The summed E-state index contributed by atoms with van der Waals surface area (Å²) in [7, 11) is 0. The first kappa shape index (κ1) is 106. The van der Waals surface area contributed by atoms with Gasteiger partial charge >= 0.3 is 0 Å². The number of aryl methyl sites for hydroxylation is 2. The van der Waals surface area contributed by atoms with Crippen LogP contribution in [-0.2, 0) is 67.1 Å². The zero-order chi connectivity index (χ0) is 102. The number of halogens is 8. The third-order valence-electron chi connectivity index (χ3n) is 27.0. The van der Waals surface area contributed by atoms with Gasteiger partial charge in [-0.15, -0.1) is 51.0 Å². The number of ketones is 7. The molecule has 14 aliphatic rings. The van der Waals surface area contributed by atoms with Gasteiger partial charge in [-0.05, 0) is 252 Å². The lowest BCUT2D eigenvalue weighted by Gasteiger charge is -2.43. The van der Waals surface area contributed by atoms with E-state index in [-0.39, 0.29) is 185 Å². The molecule has 7 aromatic rings. The normalized spacial score (nSPS) is 23.6. The molecule has 7 aromatic heterocycles. The standard InChI is InChI=1S/C15H15ClFN3O2.2C15H16ClN3O2.C14H13ClFN3O2.C14H15N3O2.C13H11ClFN3O2.C13H13N3O2.CH4/c1-15(2,17)10-3-7(10)8-4-11(19-20-14(8)16)9-6-18-13(22)5-12(9)21;1-15(2)5-8(6-15)9-3-11(18-19-14(9)16)10-7-17-13(21)4-12(10)20;1-7(2)8-3-9(8)10-4-12(18-19-15(10)16)11-6-17-14(21)5-13(11)20;1-6(16)7-2-8(7)9-3-11(18-19-14(9)15)10-5-17-13(21)4-12(10)20;1-8-10(9-3-2-4-9)5-12(17-16-8)11-7-15-14(19)6-13(11)18;1-13(15)4-8(13)6-2-9(17-18-12(6)14)7-5-16-11(20)3-10(7)19;1-7-9(8-2-3-8)4-11(16-15-7)10-6-14-13(18)5-12(10)17;/h4,6-7,10H,3,5H2,1-2H3,(H,18,22);3,7-8H,4-6H2,1-2H3,(H,17,21);4,6-9H,3,5H2,1-2H3,(H,17,21);3,5-8H,2,4H2,1H3,(H,17,21);5,7,9H,2-4,6H2,1H3,(H,15,19);2,5,8H,3-4H2,1H3,(H,16,20);4,6,8H,2-3,5H2,1H3,(H,14,18);1H4/t7-,10+;;8-,9+;6?,7-,8+;;8-,13?;;/m1.11.1../s1. The molecule has 43 heteroatoms. The topological polar surface area (TPSA) is 504 Å². The molecule has 0 radical (unpaired) electrons. The van der Waals surface area contributed by atoms with E-state index in [1.54, 1.807) is 32.0 Å². The molecule has 0 spiro atoms. The fourth-order valence-electron chi connectivity index (χ4n) is 18.2. The molecule has 7 amide bonds. The van der Waals surface area contributed by atoms with Gasteiger partial charge < -0.3 is 37.2 Å². The van der Waals surface area contributed by atoms with Crippen LogP contribution in [0.2, 0.25) is 25.8 Å². The number of rotatable bonds is 17. The van der Waals surface area contributed by atoms with E-state index in [1.165, 1.54) is 100 Å². The van der Waals surface area contributed by atoms with Crippen molar-refractivity contribution in [1.29, 1.82) is 0 Å². The Labute approximate surface area is 844 Å². The zero-order valence-corrected chi connectivity index (χ0v) is 82.5. The fraction of sp³-hybridized carbons (Fsp3) is 0.440. The maximum Gasteiger partial charge on any atom is 0.231 e. The van der Waals surface area contributed by atoms with Gasteiger partial charge in [0.2, 0.25) is 41.4 Å². The lowest BCUT2D eigenvalue weighted by Crippen LogP contribution is -2.30. The van der Waals surface area contributed by atoms with Gasteiger partial charge in [-0.2, -0.15) is 20.4 Å². The SMILES string of the molecule is C.CC(C)(F)[C@H]1C[C@@H]1c1cc(C2=CNC(=O)CC2=O)nnc1Cl.CC(C)[C@H]1C[C@@H]1c1cc(C2=CNC(=O)CC2=O)nnc1Cl.CC(F)[C@H]1C[C@@H]1c1cc(C2=CNC(=O)CC2=O)nnc1Cl.CC1(C)CC(c2cc(C3=CNC(=O)CC3=O)nnc2Cl)C1.CC1(F)C[C@@H]1c1cc(C2=CNC(=O)CC2=O)nnc1Cl.Cc1nnc(C2=CNC(=O)CC2=O)cc1C1CC1.Cc1nnc(C2=CNC(=O)CC2=O)cc1C1CCC1. The van der Waals surface area contributed by atoms with Crippen LogP contribution >= 0.6 is 58.0 Å². The van der Waals surface area contributed by atoms with Crippen molar-refractivity contribution >= 4 is 179 Å². The maximum absolute atomic E-state index is 14.0. The molecule has 14 heterocycles. The summed E-state index contributed by atoms with van der Waals surface area (Å²) < 4.78 is 41.1. The van der Waals surface area contributed by atoms with E-state index in [1.807, 2.05) is 38.1 Å². The molecule has 7 N–H and O–H groups in total. The summed E-state index contributed by atoms with van der Waals surface area (Å²) in [6.07, 6.45) is 18.5. The first-order valence-electron chi connectivity index (χ1n) is 46.3. The van der Waals surface area contributed by atoms with Crippen molar-refractivity contribution in [3.05, 3.63) is 202 Å². The van der Waals surface area contributed by atoms with Crippen LogP contribution < -0.4 is 37.2 Å². The van der Waals surface area contributed by atoms with E-state index in [0.29, 0.717) is 160 Å². The Morgan fingerprint density at radius 3 is 0.832 bits per heavy atom. The Morgan fingerprint density at radius 1 is 0.343 bits per heavy atom. The van der Waals surface area contributed by atoms with Crippen LogP contribution in [0.15, 0.2) is 85.9 Å². The molecule has 7 aliphatic heterocycles. The smallest absolute Gasteiger partial charge is 0.231 e. The highest BCUT2D eigenvalue weighted by Gasteiger charge is 2.54. The minimum Gasteiger partial charge on any atom is -0.331 e. The molecular weight excluding hydrogens is 1950 g/mol. The number of hydrogen-bond donors (Lipinski definition) is 7. The Balaban J connectivity index is 0.000000132. The van der Waals surface area contributed by atoms with E-state index in [4.69, 9.17) is 58.0 Å². The predicted octanol–water partition coefficient (Wildman–Crippen LogP) is 14.2. The number of aromatic nitrogens is 14. The quantitative estimate of drug-likeness (QED) is 0.0416. The Hall–Kier alpha value is -13.0. The molecule has 143 heavy (non-hydrogen) atoms. The van der Waals surface area contributed by atoms with Crippen molar-refractivity contribution in [3.63, 3.8) is 0 Å². The molecular formula is C100H103Cl5F3N21O14. The highest BCUT2D eigenvalue weighted by Crippen LogP contribution is 2.59. The first-order valence-corrected chi connectivity index (χ1v) is 48.2. The number of carbonyl (C=O) groups excluding carboxylic acids is 14. The van der Waals surface area contributed by atoms with Gasteiger partial charge in [0.05, 0.1) is 135 Å². The highest BCUT2D eigenvalue weighted by molar-refractivity contribution is 6.35. The van der Waals surface area contributed by atoms with Gasteiger partial charge in [-0.1, -0.05) is 99.5 Å². The van der Waals surface area contributed by atoms with Crippen LogP contribution in [0.1, 0.15) is 310 Å². The van der Waals surface area contributed by atoms with Gasteiger partial charge in [-0.3, -0.25) is 67.1 Å². The minimum absolute atomic E-state index is 0. The number of carbonyl (C=O) groups is 14. The molecule has 7 aliphatic carbocycles. The molecule has 35 nitrogen and oxygen atoms in total. The summed E-state index contributed by atoms with van der Waals surface area (Å²) in [4.78, 5) is 161. The molecule has 748 valence electrons. The van der Waals surface area contributed by atoms with E-state index >= 15 is 0 Å². The Morgan fingerprint density at radius 2 is 0.594 bits per heavy atom. The number of nitrogens with one attached hydrogen (secondary N) is 7. The van der Waals surface area contributed by atoms with Gasteiger partial charge in [0.15, 0.2) is 66.2 Å². The summed E-state index contributed by atoms with van der Waals surface area (Å²) in [5.41, 5.74) is 11.4. The summed E-state index contributed by atoms with van der Waals surface area (Å²) in [6.45, 7) is 18.8. The minimum atomic E-state index is -1.29. The maximum atomic E-state index is 14.0. The van der Waals surface area contributed by atoms with Gasteiger partial charge in [0.1, 0.15) is 17.5 Å². The second kappa shape index (κ2) is 43.6. The molecule has 2 unspecified atom stereocenters. The first-order chi connectivity index (χ1) is 67.2. The van der Waals surface area contributed by atoms with Crippen LogP contribution in [0, 0.1) is 42.9 Å². The van der Waals surface area contributed by atoms with E-state index in [2.05, 4.69) is 136 Å². The van der Waals surface area contributed by atoms with Crippen molar-refractivity contribution in [2.45, 2.75) is 251 Å². The van der Waals surface area contributed by atoms with Crippen LogP contribution in [-0.4, -0.2) is 171 Å². The zero-order valence-electron chi connectivity index (χ0n) is 78.7. The lowest BCUT2D eigenvalue weighted by molar-refractivity contribution is -0.127. The van der Waals surface area contributed by atoms with Gasteiger partial charge in [-0.25, -0.2) is 13.2 Å². The molecule has 0 saturated heterocycles. The predicted molar refractivity (Wildman–Crippen MR) is 520 cm³/mol. The van der Waals surface area contributed by atoms with Crippen molar-refractivity contribution in [1.82, 2.24) is 109 Å². The number of allylic oxidation sites excluding steroid dienone is 7. The lowest BCUT2D eigenvalue weighted by atomic mass is 9.62. The molecule has 0 bridgehead atoms. The van der Waals surface area contributed by atoms with Crippen LogP contribution in [0.5, 0.6) is 0 Å². The second-order valence-corrected chi connectivity index (χ2v) is 40.9. The number of Topliss-reactive ketones (excluding diaryl/α,β-unsaturated/α-hetero) is 7. The number of alkyl halides is 3. The van der Waals surface area contributed by atoms with Crippen LogP contribution in [0.25, 0.3) is 39.0 Å². The molecule has 0 aromatic carbocycles. The molecule has 7 saturated carbocycles. The highest BCUT2D eigenvalue weighted by atomic mass is 35.5. The van der Waals surface area contributed by atoms with Crippen molar-refractivity contribution in [2.75, 3.05) is 0 Å². The second-order valence-electron chi connectivity index (χ2n) is 39.2. The molecule has 9 atom stereocenters. The van der Waals surface area contributed by atoms with Crippen molar-refractivity contribution in [2.24, 2.45) is 29.1 Å². The van der Waals surface area contributed by atoms with Crippen LogP contribution in [0.4, 0.5) is 13.2 Å². The Kier molecular flexibility index (Phi) is 32.3. The van der Waals surface area contributed by atoms with Gasteiger partial charge in [0, 0.05) is 49.3 Å². The van der Waals surface area contributed by atoms with E-state index in [0.717, 1.165) is 41.8 Å². The molecule has 7 fully saturated rings. The van der Waals surface area contributed by atoms with Gasteiger partial charge in [0.25, 0.3) is 0 Å². The largest absolute Gasteiger partial charge is 0.331 e. The third kappa shape index (κ3) is 25.6. The summed E-state index contributed by atoms with van der Waals surface area (Å²) >= 11 is 30.3. The Bertz CT molecular complexity index is 6450. The van der Waals surface area contributed by atoms with E-state index in [9.17, 15) is 80.3 Å². The summed E-state index contributed by atoms with van der Waals surface area (Å²) in [5, 5.41) is 74.6. The third-order valence-corrected chi connectivity index (χ3v) is 28.5. The van der Waals surface area contributed by atoms with Crippen molar-refractivity contribution in [3.8, 4) is 0 Å². The number of hydrogen-bond acceptors (Lipinski definition) is 28.